The molecule has 1 aliphatic rings. The molecule has 0 aromatic heterocycles. The van der Waals surface area contributed by atoms with Crippen LogP contribution in [0.3, 0.4) is 0 Å². The van der Waals surface area contributed by atoms with Crippen molar-refractivity contribution in [2.45, 2.75) is 13.0 Å². The number of ether oxygens (including phenoxy) is 1. The molecule has 1 atom stereocenters. The Morgan fingerprint density at radius 1 is 1.45 bits per heavy atom. The highest BCUT2D eigenvalue weighted by molar-refractivity contribution is 8.18. The van der Waals surface area contributed by atoms with Crippen LogP contribution in [0.15, 0.2) is 23.1 Å². The van der Waals surface area contributed by atoms with Crippen LogP contribution in [0.5, 0.6) is 5.75 Å². The molecule has 0 spiro atoms. The highest BCUT2D eigenvalue weighted by atomic mass is 35.5. The molecule has 1 saturated heterocycles. The van der Waals surface area contributed by atoms with Crippen LogP contribution in [0.4, 0.5) is 4.79 Å². The fourth-order valence-corrected chi connectivity index (χ4v) is 2.95. The van der Waals surface area contributed by atoms with Gasteiger partial charge in [0.2, 0.25) is 0 Å². The van der Waals surface area contributed by atoms with E-state index in [0.29, 0.717) is 22.3 Å². The van der Waals surface area contributed by atoms with Crippen LogP contribution < -0.4 is 0 Å². The molecule has 2 rings (SSSR count). The van der Waals surface area contributed by atoms with Crippen molar-refractivity contribution in [2.75, 3.05) is 7.11 Å². The molecule has 0 saturated carbocycles. The molecule has 8 heteroatoms. The SMILES string of the molecule is COC(=O)[C@H](C)N1C(=O)S/C(=C/c2cc(Cl)ccc2O)C1=O. The van der Waals surface area contributed by atoms with Gasteiger partial charge in [-0.1, -0.05) is 11.6 Å². The van der Waals surface area contributed by atoms with Crippen molar-refractivity contribution >= 4 is 46.6 Å². The number of phenolic OH excluding ortho intramolecular Hbond substituents is 1. The third kappa shape index (κ3) is 3.10. The molecule has 116 valence electrons. The van der Waals surface area contributed by atoms with Crippen molar-refractivity contribution < 1.29 is 24.2 Å². The zero-order valence-corrected chi connectivity index (χ0v) is 13.3. The summed E-state index contributed by atoms with van der Waals surface area (Å²) < 4.78 is 4.54. The molecule has 1 aliphatic heterocycles. The Labute approximate surface area is 135 Å². The Bertz CT molecular complexity index is 688. The lowest BCUT2D eigenvalue weighted by molar-refractivity contribution is -0.148. The monoisotopic (exact) mass is 341 g/mol. The van der Waals surface area contributed by atoms with Gasteiger partial charge in [0.15, 0.2) is 0 Å². The lowest BCUT2D eigenvalue weighted by Crippen LogP contribution is -2.42. The summed E-state index contributed by atoms with van der Waals surface area (Å²) in [7, 11) is 1.18. The maximum Gasteiger partial charge on any atom is 0.328 e. The molecule has 22 heavy (non-hydrogen) atoms. The molecule has 0 bridgehead atoms. The van der Waals surface area contributed by atoms with E-state index in [4.69, 9.17) is 11.6 Å². The van der Waals surface area contributed by atoms with Gasteiger partial charge in [0, 0.05) is 10.6 Å². The number of carbonyl (C=O) groups excluding carboxylic acids is 3. The number of benzene rings is 1. The zero-order valence-electron chi connectivity index (χ0n) is 11.7. The maximum absolute atomic E-state index is 12.3. The predicted octanol–water partition coefficient (Wildman–Crippen LogP) is 2.64. The third-order valence-corrected chi connectivity index (χ3v) is 4.15. The number of aromatic hydroxyl groups is 1. The maximum atomic E-state index is 12.3. The van der Waals surface area contributed by atoms with Crippen molar-refractivity contribution in [3.8, 4) is 5.75 Å². The first-order valence-electron chi connectivity index (χ1n) is 6.18. The number of amides is 2. The molecule has 0 aliphatic carbocycles. The summed E-state index contributed by atoms with van der Waals surface area (Å²) in [6.45, 7) is 1.40. The number of nitrogens with zero attached hydrogens (tertiary/aromatic N) is 1. The summed E-state index contributed by atoms with van der Waals surface area (Å²) >= 11 is 6.52. The second kappa shape index (κ2) is 6.41. The van der Waals surface area contributed by atoms with E-state index in [9.17, 15) is 19.5 Å². The van der Waals surface area contributed by atoms with Crippen molar-refractivity contribution in [3.63, 3.8) is 0 Å². The minimum Gasteiger partial charge on any atom is -0.507 e. The molecule has 1 fully saturated rings. The molecular weight excluding hydrogens is 330 g/mol. The number of halogens is 1. The zero-order chi connectivity index (χ0) is 16.4. The van der Waals surface area contributed by atoms with Gasteiger partial charge in [-0.2, -0.15) is 0 Å². The average molecular weight is 342 g/mol. The van der Waals surface area contributed by atoms with Crippen molar-refractivity contribution in [1.29, 1.82) is 0 Å². The number of rotatable bonds is 3. The molecule has 1 aromatic carbocycles. The minimum atomic E-state index is -1.02. The predicted molar refractivity (Wildman–Crippen MR) is 82.4 cm³/mol. The number of carbonyl (C=O) groups is 3. The summed E-state index contributed by atoms with van der Waals surface area (Å²) in [4.78, 5) is 36.6. The quantitative estimate of drug-likeness (QED) is 0.672. The molecular formula is C14H12ClNO5S. The number of methoxy groups -OCH3 is 1. The van der Waals surface area contributed by atoms with E-state index in [1.165, 1.54) is 38.3 Å². The van der Waals surface area contributed by atoms with E-state index < -0.39 is 23.2 Å². The molecule has 6 nitrogen and oxygen atoms in total. The van der Waals surface area contributed by atoms with Crippen LogP contribution in [-0.2, 0) is 14.3 Å². The largest absolute Gasteiger partial charge is 0.507 e. The number of imide groups is 1. The fourth-order valence-electron chi connectivity index (χ4n) is 1.87. The van der Waals surface area contributed by atoms with E-state index >= 15 is 0 Å². The Balaban J connectivity index is 2.33. The normalized spacial score (nSPS) is 18.0. The summed E-state index contributed by atoms with van der Waals surface area (Å²) in [5.74, 6) is -1.38. The summed E-state index contributed by atoms with van der Waals surface area (Å²) in [6, 6.07) is 3.33. The second-order valence-corrected chi connectivity index (χ2v) is 5.88. The van der Waals surface area contributed by atoms with E-state index in [1.807, 2.05) is 0 Å². The molecule has 0 unspecified atom stereocenters. The van der Waals surface area contributed by atoms with Crippen LogP contribution in [-0.4, -0.2) is 40.3 Å². The Morgan fingerprint density at radius 3 is 2.77 bits per heavy atom. The van der Waals surface area contributed by atoms with E-state index in [1.54, 1.807) is 0 Å². The Hall–Kier alpha value is -1.99. The van der Waals surface area contributed by atoms with Gasteiger partial charge in [0.25, 0.3) is 11.1 Å². The number of phenols is 1. The summed E-state index contributed by atoms with van der Waals surface area (Å²) in [6.07, 6.45) is 1.36. The van der Waals surface area contributed by atoms with Gasteiger partial charge in [0.05, 0.1) is 12.0 Å². The standard InChI is InChI=1S/C14H12ClNO5S/c1-7(13(19)21-2)16-12(18)11(22-14(16)20)6-8-5-9(15)3-4-10(8)17/h3-7,17H,1-2H3/b11-6+/t7-/m0/s1. The first-order valence-corrected chi connectivity index (χ1v) is 7.38. The second-order valence-electron chi connectivity index (χ2n) is 4.45. The fraction of sp³-hybridized carbons (Fsp3) is 0.214. The van der Waals surface area contributed by atoms with Crippen LogP contribution in [0, 0.1) is 0 Å². The van der Waals surface area contributed by atoms with Gasteiger partial charge in [-0.05, 0) is 43.0 Å². The lowest BCUT2D eigenvalue weighted by atomic mass is 10.2. The topological polar surface area (TPSA) is 83.9 Å². The lowest BCUT2D eigenvalue weighted by Gasteiger charge is -2.18. The van der Waals surface area contributed by atoms with Crippen LogP contribution in [0.25, 0.3) is 6.08 Å². The Morgan fingerprint density at radius 2 is 2.14 bits per heavy atom. The third-order valence-electron chi connectivity index (χ3n) is 3.03. The summed E-state index contributed by atoms with van der Waals surface area (Å²) in [5.41, 5.74) is 0.309. The highest BCUT2D eigenvalue weighted by Gasteiger charge is 2.41. The van der Waals surface area contributed by atoms with Gasteiger partial charge in [-0.15, -0.1) is 0 Å². The van der Waals surface area contributed by atoms with Crippen LogP contribution >= 0.6 is 23.4 Å². The average Bonchev–Trinajstić information content (AvgIpc) is 2.75. The molecule has 1 N–H and O–H groups in total. The molecule has 1 heterocycles. The van der Waals surface area contributed by atoms with Crippen LogP contribution in [0.2, 0.25) is 5.02 Å². The number of esters is 1. The van der Waals surface area contributed by atoms with Gasteiger partial charge >= 0.3 is 5.97 Å². The van der Waals surface area contributed by atoms with Gasteiger partial charge in [0.1, 0.15) is 11.8 Å². The number of hydrogen-bond acceptors (Lipinski definition) is 6. The van der Waals surface area contributed by atoms with Crippen LogP contribution in [0.1, 0.15) is 12.5 Å². The van der Waals surface area contributed by atoms with E-state index in [0.717, 1.165) is 4.90 Å². The molecule has 0 radical (unpaired) electrons. The van der Waals surface area contributed by atoms with E-state index in [2.05, 4.69) is 4.74 Å². The highest BCUT2D eigenvalue weighted by Crippen LogP contribution is 2.35. The number of thioether (sulfide) groups is 1. The van der Waals surface area contributed by atoms with Crippen molar-refractivity contribution in [2.24, 2.45) is 0 Å². The first-order chi connectivity index (χ1) is 10.3. The summed E-state index contributed by atoms with van der Waals surface area (Å²) in [5, 5.41) is 9.56. The van der Waals surface area contributed by atoms with Gasteiger partial charge in [-0.25, -0.2) is 4.79 Å². The minimum absolute atomic E-state index is 0.0720. The van der Waals surface area contributed by atoms with Crippen molar-refractivity contribution in [3.05, 3.63) is 33.7 Å². The Kier molecular flexibility index (Phi) is 4.77. The van der Waals surface area contributed by atoms with E-state index in [-0.39, 0.29) is 10.7 Å². The van der Waals surface area contributed by atoms with Gasteiger partial charge in [-0.3, -0.25) is 14.5 Å². The smallest absolute Gasteiger partial charge is 0.328 e. The van der Waals surface area contributed by atoms with Gasteiger partial charge < -0.3 is 9.84 Å². The molecule has 2 amide bonds. The van der Waals surface area contributed by atoms with Crippen molar-refractivity contribution in [1.82, 2.24) is 4.90 Å². The number of hydrogen-bond donors (Lipinski definition) is 1. The molecule has 1 aromatic rings. The first kappa shape index (κ1) is 16.4.